The summed E-state index contributed by atoms with van der Waals surface area (Å²) in [5, 5.41) is 0. The Labute approximate surface area is 114 Å². The SMILES string of the molecule is COc1ccc(OCC(CN)C2CCOCC2)cc1. The normalized spacial score (nSPS) is 18.0. The third-order valence-corrected chi connectivity index (χ3v) is 3.76. The van der Waals surface area contributed by atoms with Crippen LogP contribution in [0.15, 0.2) is 24.3 Å². The van der Waals surface area contributed by atoms with E-state index in [1.54, 1.807) is 7.11 Å². The number of hydrogen-bond acceptors (Lipinski definition) is 4. The molecule has 106 valence electrons. The van der Waals surface area contributed by atoms with Crippen LogP contribution < -0.4 is 15.2 Å². The molecule has 0 spiro atoms. The molecule has 4 nitrogen and oxygen atoms in total. The molecular formula is C15H23NO3. The highest BCUT2D eigenvalue weighted by molar-refractivity contribution is 5.31. The summed E-state index contributed by atoms with van der Waals surface area (Å²) >= 11 is 0. The number of benzene rings is 1. The molecular weight excluding hydrogens is 242 g/mol. The molecule has 1 aliphatic rings. The summed E-state index contributed by atoms with van der Waals surface area (Å²) in [6, 6.07) is 7.66. The zero-order chi connectivity index (χ0) is 13.5. The van der Waals surface area contributed by atoms with Crippen molar-refractivity contribution in [2.24, 2.45) is 17.6 Å². The van der Waals surface area contributed by atoms with E-state index in [4.69, 9.17) is 19.9 Å². The number of methoxy groups -OCH3 is 1. The summed E-state index contributed by atoms with van der Waals surface area (Å²) in [6.45, 7) is 3.04. The molecule has 0 radical (unpaired) electrons. The van der Waals surface area contributed by atoms with Crippen LogP contribution in [-0.4, -0.2) is 33.5 Å². The molecule has 0 bridgehead atoms. The standard InChI is InChI=1S/C15H23NO3/c1-17-14-2-4-15(5-3-14)19-11-13(10-16)12-6-8-18-9-7-12/h2-5,12-13H,6-11,16H2,1H3. The fraction of sp³-hybridized carbons (Fsp3) is 0.600. The van der Waals surface area contributed by atoms with Gasteiger partial charge in [0, 0.05) is 19.1 Å². The van der Waals surface area contributed by atoms with Gasteiger partial charge >= 0.3 is 0 Å². The van der Waals surface area contributed by atoms with Gasteiger partial charge in [-0.1, -0.05) is 0 Å². The summed E-state index contributed by atoms with van der Waals surface area (Å²) in [5.74, 6) is 2.74. The molecule has 19 heavy (non-hydrogen) atoms. The second-order valence-electron chi connectivity index (χ2n) is 4.93. The van der Waals surface area contributed by atoms with Gasteiger partial charge in [-0.25, -0.2) is 0 Å². The molecule has 1 aromatic carbocycles. The van der Waals surface area contributed by atoms with Crippen LogP contribution in [-0.2, 0) is 4.74 Å². The van der Waals surface area contributed by atoms with Crippen LogP contribution in [0.4, 0.5) is 0 Å². The second kappa shape index (κ2) is 7.36. The van der Waals surface area contributed by atoms with Gasteiger partial charge in [-0.15, -0.1) is 0 Å². The summed E-state index contributed by atoms with van der Waals surface area (Å²) < 4.78 is 16.3. The quantitative estimate of drug-likeness (QED) is 0.855. The van der Waals surface area contributed by atoms with Crippen molar-refractivity contribution in [1.29, 1.82) is 0 Å². The maximum Gasteiger partial charge on any atom is 0.119 e. The largest absolute Gasteiger partial charge is 0.497 e. The highest BCUT2D eigenvalue weighted by Crippen LogP contribution is 2.25. The van der Waals surface area contributed by atoms with Gasteiger partial charge in [0.05, 0.1) is 13.7 Å². The average Bonchev–Trinajstić information content (AvgIpc) is 2.49. The van der Waals surface area contributed by atoms with E-state index < -0.39 is 0 Å². The zero-order valence-corrected chi connectivity index (χ0v) is 11.5. The number of nitrogens with two attached hydrogens (primary N) is 1. The average molecular weight is 265 g/mol. The Bertz CT molecular complexity index is 360. The molecule has 2 rings (SSSR count). The molecule has 1 aromatic rings. The van der Waals surface area contributed by atoms with Crippen LogP contribution in [0.5, 0.6) is 11.5 Å². The predicted molar refractivity (Wildman–Crippen MR) is 74.6 cm³/mol. The highest BCUT2D eigenvalue weighted by atomic mass is 16.5. The van der Waals surface area contributed by atoms with Crippen molar-refractivity contribution < 1.29 is 14.2 Å². The summed E-state index contributed by atoms with van der Waals surface area (Å²) in [4.78, 5) is 0. The number of ether oxygens (including phenoxy) is 3. The first-order valence-electron chi connectivity index (χ1n) is 6.88. The molecule has 0 aromatic heterocycles. The first-order valence-corrected chi connectivity index (χ1v) is 6.88. The van der Waals surface area contributed by atoms with E-state index in [9.17, 15) is 0 Å². The Morgan fingerprint density at radius 3 is 2.42 bits per heavy atom. The summed E-state index contributed by atoms with van der Waals surface area (Å²) in [5.41, 5.74) is 5.87. The molecule has 1 atom stereocenters. The maximum atomic E-state index is 5.87. The van der Waals surface area contributed by atoms with Crippen molar-refractivity contribution in [3.05, 3.63) is 24.3 Å². The lowest BCUT2D eigenvalue weighted by atomic mass is 9.86. The van der Waals surface area contributed by atoms with Crippen LogP contribution in [0.1, 0.15) is 12.8 Å². The molecule has 1 fully saturated rings. The third-order valence-electron chi connectivity index (χ3n) is 3.76. The Morgan fingerprint density at radius 1 is 1.21 bits per heavy atom. The Morgan fingerprint density at radius 2 is 1.84 bits per heavy atom. The molecule has 0 aliphatic carbocycles. The lowest BCUT2D eigenvalue weighted by Crippen LogP contribution is -2.32. The van der Waals surface area contributed by atoms with E-state index >= 15 is 0 Å². The van der Waals surface area contributed by atoms with Crippen LogP contribution in [0.25, 0.3) is 0 Å². The van der Waals surface area contributed by atoms with E-state index in [0.29, 0.717) is 25.0 Å². The van der Waals surface area contributed by atoms with Gasteiger partial charge < -0.3 is 19.9 Å². The van der Waals surface area contributed by atoms with Gasteiger partial charge in [0.25, 0.3) is 0 Å². The van der Waals surface area contributed by atoms with E-state index in [1.165, 1.54) is 0 Å². The van der Waals surface area contributed by atoms with Crippen LogP contribution in [0.2, 0.25) is 0 Å². The molecule has 2 N–H and O–H groups in total. The monoisotopic (exact) mass is 265 g/mol. The molecule has 1 saturated heterocycles. The molecule has 1 heterocycles. The van der Waals surface area contributed by atoms with Crippen molar-refractivity contribution in [2.45, 2.75) is 12.8 Å². The number of rotatable bonds is 6. The van der Waals surface area contributed by atoms with E-state index in [2.05, 4.69) is 0 Å². The van der Waals surface area contributed by atoms with Crippen LogP contribution in [0, 0.1) is 11.8 Å². The minimum Gasteiger partial charge on any atom is -0.497 e. The Kier molecular flexibility index (Phi) is 5.48. The molecule has 1 aliphatic heterocycles. The van der Waals surface area contributed by atoms with Gasteiger partial charge in [-0.3, -0.25) is 0 Å². The molecule has 0 saturated carbocycles. The minimum absolute atomic E-state index is 0.408. The zero-order valence-electron chi connectivity index (χ0n) is 11.5. The lowest BCUT2D eigenvalue weighted by molar-refractivity contribution is 0.0381. The second-order valence-corrected chi connectivity index (χ2v) is 4.93. The van der Waals surface area contributed by atoms with Crippen molar-refractivity contribution >= 4 is 0 Å². The molecule has 0 amide bonds. The maximum absolute atomic E-state index is 5.87. The smallest absolute Gasteiger partial charge is 0.119 e. The van der Waals surface area contributed by atoms with E-state index in [0.717, 1.165) is 37.6 Å². The van der Waals surface area contributed by atoms with Crippen molar-refractivity contribution in [3.63, 3.8) is 0 Å². The lowest BCUT2D eigenvalue weighted by Gasteiger charge is -2.29. The van der Waals surface area contributed by atoms with E-state index in [1.807, 2.05) is 24.3 Å². The third kappa shape index (κ3) is 4.11. The first kappa shape index (κ1) is 14.2. The summed E-state index contributed by atoms with van der Waals surface area (Å²) in [7, 11) is 1.66. The highest BCUT2D eigenvalue weighted by Gasteiger charge is 2.23. The topological polar surface area (TPSA) is 53.7 Å². The first-order chi connectivity index (χ1) is 9.33. The van der Waals surface area contributed by atoms with Crippen LogP contribution >= 0.6 is 0 Å². The van der Waals surface area contributed by atoms with Gasteiger partial charge in [0.2, 0.25) is 0 Å². The van der Waals surface area contributed by atoms with Crippen molar-refractivity contribution in [3.8, 4) is 11.5 Å². The molecule has 4 heteroatoms. The van der Waals surface area contributed by atoms with Crippen molar-refractivity contribution in [1.82, 2.24) is 0 Å². The van der Waals surface area contributed by atoms with Gasteiger partial charge in [-0.05, 0) is 49.6 Å². The van der Waals surface area contributed by atoms with Gasteiger partial charge in [0.1, 0.15) is 11.5 Å². The van der Waals surface area contributed by atoms with Crippen molar-refractivity contribution in [2.75, 3.05) is 33.5 Å². The van der Waals surface area contributed by atoms with Crippen LogP contribution in [0.3, 0.4) is 0 Å². The van der Waals surface area contributed by atoms with E-state index in [-0.39, 0.29) is 0 Å². The predicted octanol–water partition coefficient (Wildman–Crippen LogP) is 2.08. The van der Waals surface area contributed by atoms with Gasteiger partial charge in [-0.2, -0.15) is 0 Å². The minimum atomic E-state index is 0.408. The number of hydrogen-bond donors (Lipinski definition) is 1. The fourth-order valence-corrected chi connectivity index (χ4v) is 2.46. The van der Waals surface area contributed by atoms with Gasteiger partial charge in [0.15, 0.2) is 0 Å². The Hall–Kier alpha value is -1.26. The Balaban J connectivity index is 1.84. The summed E-state index contributed by atoms with van der Waals surface area (Å²) in [6.07, 6.45) is 2.18. The molecule has 1 unspecified atom stereocenters. The fourth-order valence-electron chi connectivity index (χ4n) is 2.46.